The van der Waals surface area contributed by atoms with Crippen LogP contribution in [-0.4, -0.2) is 24.4 Å². The number of rotatable bonds is 9. The third-order valence-electron chi connectivity index (χ3n) is 5.13. The lowest BCUT2D eigenvalue weighted by molar-refractivity contribution is -0.125. The van der Waals surface area contributed by atoms with E-state index < -0.39 is 23.9 Å². The number of carbonyl (C=O) groups excluding carboxylic acids is 3. The van der Waals surface area contributed by atoms with E-state index in [9.17, 15) is 14.4 Å². The molecule has 0 spiro atoms. The first kappa shape index (κ1) is 24.3. The maximum absolute atomic E-state index is 13.2. The Hall–Kier alpha value is -4.85. The van der Waals surface area contributed by atoms with Gasteiger partial charge in [0.2, 0.25) is 6.10 Å². The highest BCUT2D eigenvalue weighted by Gasteiger charge is 2.26. The van der Waals surface area contributed by atoms with Crippen molar-refractivity contribution in [2.45, 2.75) is 13.0 Å². The Kier molecular flexibility index (Phi) is 7.77. The van der Waals surface area contributed by atoms with Crippen molar-refractivity contribution >= 4 is 29.2 Å². The molecule has 8 heteroatoms. The van der Waals surface area contributed by atoms with Crippen LogP contribution < -0.4 is 15.4 Å². The highest BCUT2D eigenvalue weighted by atomic mass is 16.5. The van der Waals surface area contributed by atoms with E-state index in [1.165, 1.54) is 18.4 Å². The second-order valence-corrected chi connectivity index (χ2v) is 7.62. The number of furan rings is 1. The van der Waals surface area contributed by atoms with Gasteiger partial charge in [0.25, 0.3) is 11.8 Å². The zero-order valence-electron chi connectivity index (χ0n) is 19.5. The molecule has 4 aromatic rings. The number of hydrogen-bond acceptors (Lipinski definition) is 6. The zero-order chi connectivity index (χ0) is 25.3. The molecule has 8 nitrogen and oxygen atoms in total. The summed E-state index contributed by atoms with van der Waals surface area (Å²) in [6.45, 7) is 2.28. The average Bonchev–Trinajstić information content (AvgIpc) is 3.45. The molecule has 0 radical (unpaired) electrons. The van der Waals surface area contributed by atoms with Crippen molar-refractivity contribution in [2.24, 2.45) is 0 Å². The summed E-state index contributed by atoms with van der Waals surface area (Å²) in [4.78, 5) is 38.3. The third kappa shape index (κ3) is 5.98. The molecule has 0 saturated heterocycles. The molecule has 0 fully saturated rings. The van der Waals surface area contributed by atoms with Crippen molar-refractivity contribution in [2.75, 3.05) is 17.2 Å². The fraction of sp³-hybridized carbons (Fsp3) is 0.107. The standard InChI is InChI=1S/C28H24N2O6/c1-2-34-23-12-7-6-11-22(23)30-27(32)25(19-9-4-3-5-10-19)36-28(33)20-14-16-21(17-15-20)29-26(31)24-13-8-18-35-24/h3-18,25H,2H2,1H3,(H,29,31)(H,30,32). The number of hydrogen-bond donors (Lipinski definition) is 2. The van der Waals surface area contributed by atoms with Crippen LogP contribution in [0.5, 0.6) is 5.75 Å². The lowest BCUT2D eigenvalue weighted by Crippen LogP contribution is -2.26. The summed E-state index contributed by atoms with van der Waals surface area (Å²) in [5.41, 5.74) is 1.67. The molecule has 1 unspecified atom stereocenters. The van der Waals surface area contributed by atoms with Gasteiger partial charge in [-0.1, -0.05) is 42.5 Å². The Morgan fingerprint density at radius 1 is 0.833 bits per heavy atom. The summed E-state index contributed by atoms with van der Waals surface area (Å²) >= 11 is 0. The number of ether oxygens (including phenoxy) is 2. The lowest BCUT2D eigenvalue weighted by Gasteiger charge is -2.19. The van der Waals surface area contributed by atoms with Crippen LogP contribution >= 0.6 is 0 Å². The number of esters is 1. The fourth-order valence-corrected chi connectivity index (χ4v) is 3.42. The first-order valence-corrected chi connectivity index (χ1v) is 11.3. The Balaban J connectivity index is 1.49. The predicted octanol–water partition coefficient (Wildman–Crippen LogP) is 5.47. The van der Waals surface area contributed by atoms with Crippen molar-refractivity contribution in [1.29, 1.82) is 0 Å². The van der Waals surface area contributed by atoms with Gasteiger partial charge in [0.05, 0.1) is 24.1 Å². The first-order chi connectivity index (χ1) is 17.5. The zero-order valence-corrected chi connectivity index (χ0v) is 19.5. The average molecular weight is 485 g/mol. The predicted molar refractivity (Wildman–Crippen MR) is 134 cm³/mol. The lowest BCUT2D eigenvalue weighted by atomic mass is 10.1. The highest BCUT2D eigenvalue weighted by molar-refractivity contribution is 6.02. The van der Waals surface area contributed by atoms with Crippen LogP contribution in [-0.2, 0) is 9.53 Å². The summed E-state index contributed by atoms with van der Waals surface area (Å²) < 4.78 is 16.3. The van der Waals surface area contributed by atoms with Gasteiger partial charge in [0.1, 0.15) is 5.75 Å². The summed E-state index contributed by atoms with van der Waals surface area (Å²) in [6.07, 6.45) is 0.203. The van der Waals surface area contributed by atoms with Crippen molar-refractivity contribution in [1.82, 2.24) is 0 Å². The summed E-state index contributed by atoms with van der Waals surface area (Å²) in [7, 11) is 0. The first-order valence-electron chi connectivity index (χ1n) is 11.3. The van der Waals surface area contributed by atoms with Gasteiger partial charge in [-0.3, -0.25) is 9.59 Å². The van der Waals surface area contributed by atoms with Crippen LogP contribution in [0.1, 0.15) is 39.5 Å². The van der Waals surface area contributed by atoms with E-state index in [-0.39, 0.29) is 11.3 Å². The van der Waals surface area contributed by atoms with Crippen molar-refractivity contribution in [3.8, 4) is 5.75 Å². The summed E-state index contributed by atoms with van der Waals surface area (Å²) in [5.74, 6) is -0.951. The maximum atomic E-state index is 13.2. The van der Waals surface area contributed by atoms with Crippen molar-refractivity contribution in [3.63, 3.8) is 0 Å². The summed E-state index contributed by atoms with van der Waals surface area (Å²) in [6, 6.07) is 25.1. The molecule has 36 heavy (non-hydrogen) atoms. The van der Waals surface area contributed by atoms with Gasteiger partial charge in [-0.2, -0.15) is 0 Å². The second-order valence-electron chi connectivity index (χ2n) is 7.62. The molecular formula is C28H24N2O6. The molecule has 0 aliphatic heterocycles. The monoisotopic (exact) mass is 484 g/mol. The van der Waals surface area contributed by atoms with Crippen LogP contribution in [0.15, 0.2) is 102 Å². The molecule has 0 aliphatic rings. The van der Waals surface area contributed by atoms with Crippen LogP contribution in [0.3, 0.4) is 0 Å². The van der Waals surface area contributed by atoms with Gasteiger partial charge < -0.3 is 24.5 Å². The number of benzene rings is 3. The van der Waals surface area contributed by atoms with Crippen molar-refractivity contribution < 1.29 is 28.3 Å². The van der Waals surface area contributed by atoms with Gasteiger partial charge in [-0.05, 0) is 55.5 Å². The second kappa shape index (κ2) is 11.5. The number of amides is 2. The molecule has 3 aromatic carbocycles. The maximum Gasteiger partial charge on any atom is 0.339 e. The van der Waals surface area contributed by atoms with Crippen LogP contribution in [0.25, 0.3) is 0 Å². The number of nitrogens with one attached hydrogen (secondary N) is 2. The quantitative estimate of drug-likeness (QED) is 0.305. The van der Waals surface area contributed by atoms with Gasteiger partial charge in [-0.15, -0.1) is 0 Å². The van der Waals surface area contributed by atoms with E-state index >= 15 is 0 Å². The smallest absolute Gasteiger partial charge is 0.339 e. The molecule has 2 amide bonds. The molecule has 4 rings (SSSR count). The van der Waals surface area contributed by atoms with Gasteiger partial charge in [0.15, 0.2) is 5.76 Å². The van der Waals surface area contributed by atoms with Crippen LogP contribution in [0.4, 0.5) is 11.4 Å². The molecule has 2 N–H and O–H groups in total. The molecule has 1 atom stereocenters. The number of anilines is 2. The van der Waals surface area contributed by atoms with E-state index in [4.69, 9.17) is 13.9 Å². The Bertz CT molecular complexity index is 1320. The largest absolute Gasteiger partial charge is 0.492 e. The molecule has 0 saturated carbocycles. The Morgan fingerprint density at radius 2 is 1.56 bits per heavy atom. The van der Waals surface area contributed by atoms with Gasteiger partial charge in [0, 0.05) is 11.3 Å². The molecule has 1 heterocycles. The minimum atomic E-state index is -1.20. The molecule has 0 aliphatic carbocycles. The van der Waals surface area contributed by atoms with E-state index in [2.05, 4.69) is 10.6 Å². The SMILES string of the molecule is CCOc1ccccc1NC(=O)C(OC(=O)c1ccc(NC(=O)c2ccco2)cc1)c1ccccc1. The summed E-state index contributed by atoms with van der Waals surface area (Å²) in [5, 5.41) is 5.47. The van der Waals surface area contributed by atoms with Crippen molar-refractivity contribution in [3.05, 3.63) is 114 Å². The minimum absolute atomic E-state index is 0.168. The van der Waals surface area contributed by atoms with Gasteiger partial charge >= 0.3 is 5.97 Å². The topological polar surface area (TPSA) is 107 Å². The molecule has 1 aromatic heterocycles. The molecule has 182 valence electrons. The van der Waals surface area contributed by atoms with E-state index in [0.29, 0.717) is 29.3 Å². The number of para-hydroxylation sites is 2. The van der Waals surface area contributed by atoms with E-state index in [0.717, 1.165) is 0 Å². The Morgan fingerprint density at radius 3 is 2.25 bits per heavy atom. The molecular weight excluding hydrogens is 460 g/mol. The van der Waals surface area contributed by atoms with E-state index in [1.807, 2.05) is 6.92 Å². The highest BCUT2D eigenvalue weighted by Crippen LogP contribution is 2.27. The third-order valence-corrected chi connectivity index (χ3v) is 5.13. The van der Waals surface area contributed by atoms with Crippen LogP contribution in [0.2, 0.25) is 0 Å². The normalized spacial score (nSPS) is 11.2. The Labute approximate surface area is 207 Å². The molecule has 0 bridgehead atoms. The van der Waals surface area contributed by atoms with Gasteiger partial charge in [-0.25, -0.2) is 4.79 Å². The minimum Gasteiger partial charge on any atom is -0.492 e. The van der Waals surface area contributed by atoms with E-state index in [1.54, 1.807) is 78.9 Å². The number of carbonyl (C=O) groups is 3. The van der Waals surface area contributed by atoms with Crippen LogP contribution in [0, 0.1) is 0 Å². The fourth-order valence-electron chi connectivity index (χ4n) is 3.42.